The van der Waals surface area contributed by atoms with Crippen molar-refractivity contribution < 1.29 is 33.8 Å². The van der Waals surface area contributed by atoms with E-state index in [-0.39, 0.29) is 38.2 Å². The van der Waals surface area contributed by atoms with Crippen LogP contribution < -0.4 is 5.32 Å². The quantitative estimate of drug-likeness (QED) is 0.335. The van der Waals surface area contributed by atoms with Crippen LogP contribution in [0.15, 0.2) is 66.7 Å². The zero-order chi connectivity index (χ0) is 27.4. The second-order valence-corrected chi connectivity index (χ2v) is 9.93. The predicted molar refractivity (Wildman–Crippen MR) is 138 cm³/mol. The molecule has 1 spiro atoms. The van der Waals surface area contributed by atoms with E-state index in [1.807, 2.05) is 0 Å². The fourth-order valence-corrected chi connectivity index (χ4v) is 5.45. The third-order valence-electron chi connectivity index (χ3n) is 6.93. The number of amides is 1. The van der Waals surface area contributed by atoms with E-state index in [4.69, 9.17) is 27.9 Å². The van der Waals surface area contributed by atoms with Crippen molar-refractivity contribution in [1.82, 2.24) is 0 Å². The maximum atomic E-state index is 13.7. The fourth-order valence-electron chi connectivity index (χ4n) is 5.14. The number of carbonyl (C=O) groups excluding carboxylic acids is 4. The van der Waals surface area contributed by atoms with Gasteiger partial charge in [-0.15, -0.1) is 0 Å². The van der Waals surface area contributed by atoms with Gasteiger partial charge < -0.3 is 15.2 Å². The van der Waals surface area contributed by atoms with Crippen LogP contribution in [0.25, 0.3) is 0 Å². The molecule has 38 heavy (non-hydrogen) atoms. The van der Waals surface area contributed by atoms with Crippen molar-refractivity contribution in [3.05, 3.63) is 99.0 Å². The lowest BCUT2D eigenvalue weighted by molar-refractivity contribution is -0.147. The number of hydrogen-bond donors (Lipinski definition) is 2. The number of hydrogen-bond acceptors (Lipinski definition) is 6. The lowest BCUT2D eigenvalue weighted by Gasteiger charge is -2.25. The number of aliphatic carboxylic acids is 1. The molecular weight excluding hydrogens is 533 g/mol. The number of halogens is 2. The number of rotatable bonds is 5. The summed E-state index contributed by atoms with van der Waals surface area (Å²) < 4.78 is 6.11. The summed E-state index contributed by atoms with van der Waals surface area (Å²) >= 11 is 12.3. The van der Waals surface area contributed by atoms with Gasteiger partial charge in [0.15, 0.2) is 5.78 Å². The van der Waals surface area contributed by atoms with Gasteiger partial charge in [0.05, 0.1) is 22.1 Å². The Hall–Kier alpha value is -3.85. The molecule has 1 heterocycles. The van der Waals surface area contributed by atoms with Gasteiger partial charge in [-0.25, -0.2) is 0 Å². The van der Waals surface area contributed by atoms with Crippen molar-refractivity contribution >= 4 is 58.1 Å². The van der Waals surface area contributed by atoms with Gasteiger partial charge in [-0.3, -0.25) is 24.0 Å². The summed E-state index contributed by atoms with van der Waals surface area (Å²) in [6, 6.07) is 16.3. The summed E-state index contributed by atoms with van der Waals surface area (Å²) in [5, 5.41) is 13.3. The largest absolute Gasteiger partial charge is 0.481 e. The van der Waals surface area contributed by atoms with Crippen LogP contribution in [-0.4, -0.2) is 39.9 Å². The molecule has 3 aromatic rings. The summed E-state index contributed by atoms with van der Waals surface area (Å²) in [4.78, 5) is 65.4. The highest BCUT2D eigenvalue weighted by Crippen LogP contribution is 2.54. The molecule has 8 nitrogen and oxygen atoms in total. The molecule has 1 aliphatic carbocycles. The second kappa shape index (κ2) is 9.47. The molecule has 192 valence electrons. The van der Waals surface area contributed by atoms with Gasteiger partial charge in [0.25, 0.3) is 0 Å². The van der Waals surface area contributed by atoms with Crippen LogP contribution >= 0.6 is 23.2 Å². The zero-order valence-corrected chi connectivity index (χ0v) is 21.2. The van der Waals surface area contributed by atoms with Crippen molar-refractivity contribution in [2.24, 2.45) is 11.8 Å². The van der Waals surface area contributed by atoms with Crippen LogP contribution in [0.4, 0.5) is 5.69 Å². The standard InChI is InChI=1S/C28H19Cl2NO7/c1-13(32)14-6-9-16(10-7-14)31-26(35)21-22(27(36)37)28(24(33)17-4-2-3-5-18(17)25(28)34)38-23(21)15-8-11-19(29)20(30)12-15/h2-12,21-23H,1H3,(H,31,35)(H,36,37)/t21-,22-,23-/m0/s1. The van der Waals surface area contributed by atoms with Gasteiger partial charge >= 0.3 is 5.97 Å². The number of carboxylic acids is 1. The summed E-state index contributed by atoms with van der Waals surface area (Å²) in [7, 11) is 0. The summed E-state index contributed by atoms with van der Waals surface area (Å²) in [6.45, 7) is 1.40. The van der Waals surface area contributed by atoms with Gasteiger partial charge in [0.2, 0.25) is 23.1 Å². The van der Waals surface area contributed by atoms with Crippen molar-refractivity contribution in [3.63, 3.8) is 0 Å². The molecule has 2 N–H and O–H groups in total. The number of nitrogens with one attached hydrogen (secondary N) is 1. The number of ether oxygens (including phenoxy) is 1. The van der Waals surface area contributed by atoms with Crippen molar-refractivity contribution in [3.8, 4) is 0 Å². The molecule has 3 atom stereocenters. The topological polar surface area (TPSA) is 127 Å². The SMILES string of the molecule is CC(=O)c1ccc(NC(=O)[C@H]2[C@@H](C(=O)O)C3(O[C@H]2c2ccc(Cl)c(Cl)c2)C(=O)c2ccccc2C3=O)cc1. The second-order valence-electron chi connectivity index (χ2n) is 9.12. The molecule has 5 rings (SSSR count). The van der Waals surface area contributed by atoms with E-state index < -0.39 is 47.0 Å². The zero-order valence-electron chi connectivity index (χ0n) is 19.7. The van der Waals surface area contributed by atoms with E-state index in [9.17, 15) is 29.1 Å². The third-order valence-corrected chi connectivity index (χ3v) is 7.67. The highest BCUT2D eigenvalue weighted by atomic mass is 35.5. The van der Waals surface area contributed by atoms with E-state index >= 15 is 0 Å². The van der Waals surface area contributed by atoms with Gasteiger partial charge in [0, 0.05) is 22.4 Å². The average Bonchev–Trinajstić information content (AvgIpc) is 3.36. The van der Waals surface area contributed by atoms with Crippen LogP contribution in [0.1, 0.15) is 49.7 Å². The Kier molecular flexibility index (Phi) is 6.43. The first-order valence-electron chi connectivity index (χ1n) is 11.5. The molecule has 10 heteroatoms. The van der Waals surface area contributed by atoms with Gasteiger partial charge in [-0.2, -0.15) is 0 Å². The maximum absolute atomic E-state index is 13.7. The first-order chi connectivity index (χ1) is 18.1. The molecule has 1 aliphatic heterocycles. The number of carboxylic acid groups (broad SMARTS) is 1. The van der Waals surface area contributed by atoms with Gasteiger partial charge in [-0.1, -0.05) is 53.5 Å². The van der Waals surface area contributed by atoms with E-state index in [0.717, 1.165) is 0 Å². The Morgan fingerprint density at radius 3 is 2.03 bits per heavy atom. The Balaban J connectivity index is 1.63. The highest BCUT2D eigenvalue weighted by Gasteiger charge is 2.71. The lowest BCUT2D eigenvalue weighted by Crippen LogP contribution is -2.52. The monoisotopic (exact) mass is 551 g/mol. The summed E-state index contributed by atoms with van der Waals surface area (Å²) in [6.07, 6.45) is -1.33. The molecular formula is C28H19Cl2NO7. The fraction of sp³-hybridized carbons (Fsp3) is 0.179. The van der Waals surface area contributed by atoms with Crippen molar-refractivity contribution in [2.75, 3.05) is 5.32 Å². The number of ketones is 3. The Labute approximate surface area is 226 Å². The molecule has 1 saturated heterocycles. The summed E-state index contributed by atoms with van der Waals surface area (Å²) in [5.41, 5.74) is -1.43. The molecule has 0 bridgehead atoms. The van der Waals surface area contributed by atoms with E-state index in [1.165, 1.54) is 61.5 Å². The van der Waals surface area contributed by atoms with E-state index in [2.05, 4.69) is 5.32 Å². The van der Waals surface area contributed by atoms with Gasteiger partial charge in [0.1, 0.15) is 5.92 Å². The van der Waals surface area contributed by atoms with Crippen LogP contribution in [-0.2, 0) is 14.3 Å². The molecule has 0 saturated carbocycles. The minimum absolute atomic E-state index is 0.0255. The third kappa shape index (κ3) is 3.93. The molecule has 0 radical (unpaired) electrons. The normalized spacial score (nSPS) is 21.4. The van der Waals surface area contributed by atoms with Crippen LogP contribution in [0.3, 0.4) is 0 Å². The van der Waals surface area contributed by atoms with Crippen LogP contribution in [0, 0.1) is 11.8 Å². The molecule has 3 aromatic carbocycles. The number of anilines is 1. The minimum atomic E-state index is -2.45. The number of fused-ring (bicyclic) bond motifs is 1. The summed E-state index contributed by atoms with van der Waals surface area (Å²) in [5.74, 6) is -7.53. The predicted octanol–water partition coefficient (Wildman–Crippen LogP) is 5.04. The lowest BCUT2D eigenvalue weighted by atomic mass is 9.75. The minimum Gasteiger partial charge on any atom is -0.481 e. The highest BCUT2D eigenvalue weighted by molar-refractivity contribution is 6.42. The van der Waals surface area contributed by atoms with Crippen LogP contribution in [0.2, 0.25) is 10.0 Å². The van der Waals surface area contributed by atoms with Crippen molar-refractivity contribution in [1.29, 1.82) is 0 Å². The van der Waals surface area contributed by atoms with Crippen molar-refractivity contribution in [2.45, 2.75) is 18.6 Å². The molecule has 0 aromatic heterocycles. The van der Waals surface area contributed by atoms with Gasteiger partial charge in [-0.05, 0) is 48.9 Å². The number of Topliss-reactive ketones (excluding diaryl/α,β-unsaturated/α-hetero) is 3. The molecule has 2 aliphatic rings. The average molecular weight is 552 g/mol. The van der Waals surface area contributed by atoms with E-state index in [1.54, 1.807) is 12.1 Å². The number of carbonyl (C=O) groups is 5. The molecule has 1 fully saturated rings. The molecule has 1 amide bonds. The first-order valence-corrected chi connectivity index (χ1v) is 12.3. The first kappa shape index (κ1) is 25.8. The van der Waals surface area contributed by atoms with Crippen LogP contribution in [0.5, 0.6) is 0 Å². The number of benzene rings is 3. The Bertz CT molecular complexity index is 1500. The Morgan fingerprint density at radius 2 is 1.50 bits per heavy atom. The van der Waals surface area contributed by atoms with E-state index in [0.29, 0.717) is 5.56 Å². The smallest absolute Gasteiger partial charge is 0.311 e. The molecule has 0 unspecified atom stereocenters. The maximum Gasteiger partial charge on any atom is 0.311 e. The Morgan fingerprint density at radius 1 is 0.895 bits per heavy atom.